The van der Waals surface area contributed by atoms with Gasteiger partial charge in [0, 0.05) is 24.2 Å². The molecule has 28 heavy (non-hydrogen) atoms. The summed E-state index contributed by atoms with van der Waals surface area (Å²) in [4.78, 5) is 12.8. The van der Waals surface area contributed by atoms with Crippen LogP contribution in [0.15, 0.2) is 24.3 Å². The Bertz CT molecular complexity index is 761. The highest BCUT2D eigenvalue weighted by atomic mass is 35.5. The van der Waals surface area contributed by atoms with E-state index < -0.39 is 10.0 Å². The molecule has 1 saturated heterocycles. The van der Waals surface area contributed by atoms with E-state index in [4.69, 9.17) is 11.6 Å². The van der Waals surface area contributed by atoms with Crippen LogP contribution in [0, 0.1) is 5.92 Å². The van der Waals surface area contributed by atoms with Gasteiger partial charge in [0.15, 0.2) is 0 Å². The van der Waals surface area contributed by atoms with Crippen molar-refractivity contribution in [2.45, 2.75) is 69.6 Å². The largest absolute Gasteiger partial charge is 0.353 e. The van der Waals surface area contributed by atoms with Crippen LogP contribution in [0.1, 0.15) is 63.4 Å². The molecule has 1 heterocycles. The second kappa shape index (κ2) is 10.1. The van der Waals surface area contributed by atoms with Gasteiger partial charge in [0.25, 0.3) is 0 Å². The molecule has 0 unspecified atom stereocenters. The molecule has 5 nitrogen and oxygen atoms in total. The topological polar surface area (TPSA) is 66.5 Å². The molecule has 1 aromatic carbocycles. The number of nitrogens with zero attached hydrogens (tertiary/aromatic N) is 1. The molecular weight excluding hydrogens is 396 g/mol. The maximum Gasteiger partial charge on any atom is 0.224 e. The summed E-state index contributed by atoms with van der Waals surface area (Å²) in [5.74, 6) is -0.314. The first-order valence-corrected chi connectivity index (χ1v) is 12.5. The van der Waals surface area contributed by atoms with Gasteiger partial charge in [-0.05, 0) is 43.4 Å². The molecule has 7 heteroatoms. The fourth-order valence-electron chi connectivity index (χ4n) is 4.26. The smallest absolute Gasteiger partial charge is 0.224 e. The van der Waals surface area contributed by atoms with Crippen molar-refractivity contribution in [3.05, 3.63) is 34.9 Å². The fraction of sp³-hybridized carbons (Fsp3) is 0.667. The number of carbonyl (C=O) groups is 1. The molecule has 1 amide bonds. The lowest BCUT2D eigenvalue weighted by atomic mass is 9.94. The van der Waals surface area contributed by atoms with Crippen molar-refractivity contribution in [3.8, 4) is 0 Å². The molecular formula is C21H31ClN2O3S. The van der Waals surface area contributed by atoms with Crippen LogP contribution in [-0.4, -0.2) is 37.8 Å². The standard InChI is InChI=1S/C21H31ClN2O3S/c22-19-10-6-8-17(14-19)16-28(26,27)24-13-7-9-18(15-24)21(25)23-20-11-4-2-1-3-5-12-20/h6,8,10,14,18,20H,1-5,7,9,11-13,15-16H2,(H,23,25)/t18-/m0/s1. The van der Waals surface area contributed by atoms with E-state index in [9.17, 15) is 13.2 Å². The first kappa shape index (κ1) is 21.6. The van der Waals surface area contributed by atoms with Gasteiger partial charge in [-0.1, -0.05) is 55.8 Å². The third-order valence-electron chi connectivity index (χ3n) is 5.84. The number of carbonyl (C=O) groups excluding carboxylic acids is 1. The van der Waals surface area contributed by atoms with Gasteiger partial charge in [-0.2, -0.15) is 0 Å². The van der Waals surface area contributed by atoms with Crippen LogP contribution in [0.3, 0.4) is 0 Å². The van der Waals surface area contributed by atoms with Gasteiger partial charge in [-0.3, -0.25) is 4.79 Å². The highest BCUT2D eigenvalue weighted by molar-refractivity contribution is 7.88. The minimum absolute atomic E-state index is 0.0215. The monoisotopic (exact) mass is 426 g/mol. The average molecular weight is 427 g/mol. The van der Waals surface area contributed by atoms with E-state index in [2.05, 4.69) is 5.32 Å². The van der Waals surface area contributed by atoms with Crippen LogP contribution in [0.4, 0.5) is 0 Å². The molecule has 0 radical (unpaired) electrons. The SMILES string of the molecule is O=C(NC1CCCCCCC1)[C@H]1CCCN(S(=O)(=O)Cc2cccc(Cl)c2)C1. The van der Waals surface area contributed by atoms with Crippen LogP contribution in [-0.2, 0) is 20.6 Å². The third kappa shape index (κ3) is 6.19. The number of hydrogen-bond donors (Lipinski definition) is 1. The fourth-order valence-corrected chi connectivity index (χ4v) is 6.07. The van der Waals surface area contributed by atoms with E-state index in [-0.39, 0.29) is 30.2 Å². The second-order valence-corrected chi connectivity index (χ2v) is 10.5. The Hall–Kier alpha value is -1.11. The number of amides is 1. The van der Waals surface area contributed by atoms with Gasteiger partial charge in [-0.15, -0.1) is 0 Å². The van der Waals surface area contributed by atoms with E-state index in [1.54, 1.807) is 24.3 Å². The number of piperidine rings is 1. The molecule has 2 fully saturated rings. The summed E-state index contributed by atoms with van der Waals surface area (Å²) in [7, 11) is -3.47. The van der Waals surface area contributed by atoms with E-state index >= 15 is 0 Å². The van der Waals surface area contributed by atoms with Gasteiger partial charge in [0.1, 0.15) is 0 Å². The van der Waals surface area contributed by atoms with E-state index in [1.165, 1.54) is 23.6 Å². The Labute approximate surface area is 173 Å². The lowest BCUT2D eigenvalue weighted by Gasteiger charge is -2.32. The summed E-state index contributed by atoms with van der Waals surface area (Å²) in [5, 5.41) is 3.74. The van der Waals surface area contributed by atoms with Gasteiger partial charge in [-0.25, -0.2) is 12.7 Å². The Morgan fingerprint density at radius 1 is 1.07 bits per heavy atom. The van der Waals surface area contributed by atoms with Crippen LogP contribution >= 0.6 is 11.6 Å². The molecule has 0 aromatic heterocycles. The minimum Gasteiger partial charge on any atom is -0.353 e. The number of benzene rings is 1. The number of nitrogens with one attached hydrogen (secondary N) is 1. The van der Waals surface area contributed by atoms with Crippen LogP contribution in [0.2, 0.25) is 5.02 Å². The predicted molar refractivity (Wildman–Crippen MR) is 113 cm³/mol. The Morgan fingerprint density at radius 2 is 1.79 bits per heavy atom. The summed E-state index contributed by atoms with van der Waals surface area (Å²) in [6, 6.07) is 7.18. The van der Waals surface area contributed by atoms with Crippen molar-refractivity contribution in [2.24, 2.45) is 5.92 Å². The van der Waals surface area contributed by atoms with Gasteiger partial charge in [0.05, 0.1) is 11.7 Å². The molecule has 1 aliphatic carbocycles. The molecule has 0 bridgehead atoms. The molecule has 1 saturated carbocycles. The van der Waals surface area contributed by atoms with Gasteiger partial charge >= 0.3 is 0 Å². The van der Waals surface area contributed by atoms with Crippen molar-refractivity contribution in [1.29, 1.82) is 0 Å². The van der Waals surface area contributed by atoms with Gasteiger partial charge < -0.3 is 5.32 Å². The number of hydrogen-bond acceptors (Lipinski definition) is 3. The second-order valence-electron chi connectivity index (χ2n) is 8.13. The molecule has 1 aromatic rings. The Morgan fingerprint density at radius 3 is 2.50 bits per heavy atom. The molecule has 0 spiro atoms. The van der Waals surface area contributed by atoms with Crippen molar-refractivity contribution in [2.75, 3.05) is 13.1 Å². The van der Waals surface area contributed by atoms with Crippen LogP contribution < -0.4 is 5.32 Å². The molecule has 1 N–H and O–H groups in total. The average Bonchev–Trinajstić information content (AvgIpc) is 2.63. The van der Waals surface area contributed by atoms with Crippen LogP contribution in [0.25, 0.3) is 0 Å². The highest BCUT2D eigenvalue weighted by Gasteiger charge is 2.33. The third-order valence-corrected chi connectivity index (χ3v) is 7.89. The highest BCUT2D eigenvalue weighted by Crippen LogP contribution is 2.24. The zero-order chi connectivity index (χ0) is 20.0. The quantitative estimate of drug-likeness (QED) is 0.770. The summed E-state index contributed by atoms with van der Waals surface area (Å²) in [5.41, 5.74) is 0.675. The number of sulfonamides is 1. The Balaban J connectivity index is 1.58. The van der Waals surface area contributed by atoms with Crippen molar-refractivity contribution < 1.29 is 13.2 Å². The summed E-state index contributed by atoms with van der Waals surface area (Å²) >= 11 is 5.98. The summed E-state index contributed by atoms with van der Waals surface area (Å²) < 4.78 is 27.2. The maximum atomic E-state index is 12.9. The van der Waals surface area contributed by atoms with Crippen molar-refractivity contribution >= 4 is 27.5 Å². The molecule has 1 atom stereocenters. The molecule has 3 rings (SSSR count). The number of rotatable bonds is 5. The minimum atomic E-state index is -3.47. The van der Waals surface area contributed by atoms with Crippen molar-refractivity contribution in [1.82, 2.24) is 9.62 Å². The lowest BCUT2D eigenvalue weighted by Crippen LogP contribution is -2.47. The van der Waals surface area contributed by atoms with E-state index in [0.717, 1.165) is 38.5 Å². The summed E-state index contributed by atoms with van der Waals surface area (Å²) in [6.45, 7) is 0.761. The maximum absolute atomic E-state index is 12.9. The molecule has 2 aliphatic rings. The van der Waals surface area contributed by atoms with E-state index in [1.807, 2.05) is 0 Å². The molecule has 156 valence electrons. The lowest BCUT2D eigenvalue weighted by molar-refractivity contribution is -0.126. The predicted octanol–water partition coefficient (Wildman–Crippen LogP) is 4.11. The normalized spacial score (nSPS) is 23.0. The molecule has 1 aliphatic heterocycles. The van der Waals surface area contributed by atoms with Gasteiger partial charge in [0.2, 0.25) is 15.9 Å². The zero-order valence-corrected chi connectivity index (χ0v) is 18.0. The van der Waals surface area contributed by atoms with E-state index in [0.29, 0.717) is 17.1 Å². The number of halogens is 1. The first-order chi connectivity index (χ1) is 13.4. The van der Waals surface area contributed by atoms with Crippen molar-refractivity contribution in [3.63, 3.8) is 0 Å². The zero-order valence-electron chi connectivity index (χ0n) is 16.4. The Kier molecular flexibility index (Phi) is 7.77. The summed E-state index contributed by atoms with van der Waals surface area (Å²) in [6.07, 6.45) is 9.65. The van der Waals surface area contributed by atoms with Crippen LogP contribution in [0.5, 0.6) is 0 Å². The first-order valence-electron chi connectivity index (χ1n) is 10.5.